The summed E-state index contributed by atoms with van der Waals surface area (Å²) in [6.45, 7) is 0. The van der Waals surface area contributed by atoms with E-state index in [0.29, 0.717) is 12.9 Å². The molecule has 0 aromatic rings. The van der Waals surface area contributed by atoms with Gasteiger partial charge < -0.3 is 24.0 Å². The summed E-state index contributed by atoms with van der Waals surface area (Å²) < 4.78 is 0. The molecule has 0 nitrogen and oxygen atoms in total. The van der Waals surface area contributed by atoms with Gasteiger partial charge in [0.05, 0.1) is 0 Å². The summed E-state index contributed by atoms with van der Waals surface area (Å²) in [4.78, 5) is 0. The standard InChI is InChI=1S/2ClH.Co.HI.K/h2*1H;;1H;/q;;+2;;+1/p-3. The molecule has 0 bridgehead atoms. The molecule has 0 unspecified atom stereocenters. The summed E-state index contributed by atoms with van der Waals surface area (Å²) in [7, 11) is 9.47. The number of halogens is 3. The second kappa shape index (κ2) is 15.7. The van der Waals surface area contributed by atoms with Crippen LogP contribution in [-0.4, -0.2) is 0 Å². The van der Waals surface area contributed by atoms with E-state index in [1.165, 1.54) is 0 Å². The summed E-state index contributed by atoms with van der Waals surface area (Å²) in [5.74, 6) is 0. The molecule has 0 spiro atoms. The molecule has 31 valence electrons. The van der Waals surface area contributed by atoms with Crippen molar-refractivity contribution in [2.24, 2.45) is 0 Å². The van der Waals surface area contributed by atoms with Crippen molar-refractivity contribution in [2.75, 3.05) is 0 Å². The predicted molar refractivity (Wildman–Crippen MR) is 11.7 cm³/mol. The van der Waals surface area contributed by atoms with Crippen LogP contribution in [0.15, 0.2) is 0 Å². The predicted octanol–water partition coefficient (Wildman–Crippen LogP) is -4.62. The van der Waals surface area contributed by atoms with Crippen molar-refractivity contribution >= 4 is 20.3 Å². The van der Waals surface area contributed by atoms with Crippen LogP contribution in [0.25, 0.3) is 0 Å². The Balaban J connectivity index is -0.0000000200. The van der Waals surface area contributed by atoms with Gasteiger partial charge in [0.15, 0.2) is 0 Å². The number of hydrogen-bond donors (Lipinski definition) is 0. The molecule has 0 atom stereocenters. The molecule has 5 heteroatoms. The Morgan fingerprint density at radius 1 is 1.20 bits per heavy atom. The summed E-state index contributed by atoms with van der Waals surface area (Å²) in [6, 6.07) is 0. The van der Waals surface area contributed by atoms with Crippen LogP contribution >= 0.6 is 20.3 Å². The summed E-state index contributed by atoms with van der Waals surface area (Å²) in [6.07, 6.45) is 0. The molecular formula is Cl2CoIK. The van der Waals surface area contributed by atoms with E-state index in [-0.39, 0.29) is 75.4 Å². The van der Waals surface area contributed by atoms with Gasteiger partial charge in [-0.2, -0.15) is 0 Å². The van der Waals surface area contributed by atoms with Gasteiger partial charge in [0.2, 0.25) is 0 Å². The van der Waals surface area contributed by atoms with E-state index in [1.807, 2.05) is 0 Å². The molecule has 0 aliphatic carbocycles. The Bertz CT molecular complexity index is 9.61. The van der Waals surface area contributed by atoms with Crippen molar-refractivity contribution in [3.63, 3.8) is 0 Å². The summed E-state index contributed by atoms with van der Waals surface area (Å²) in [5, 5.41) is 0. The zero-order valence-electron chi connectivity index (χ0n) is 2.47. The Labute approximate surface area is 106 Å². The van der Waals surface area contributed by atoms with Gasteiger partial charge >= 0.3 is 84.6 Å². The van der Waals surface area contributed by atoms with Crippen LogP contribution in [0.1, 0.15) is 0 Å². The van der Waals surface area contributed by atoms with E-state index in [1.54, 1.807) is 0 Å². The van der Waals surface area contributed by atoms with Gasteiger partial charge in [0, 0.05) is 0 Å². The van der Waals surface area contributed by atoms with Crippen LogP contribution in [0.2, 0.25) is 0 Å². The molecule has 0 fully saturated rings. The monoisotopic (exact) mass is 295 g/mol. The average Bonchev–Trinajstić information content (AvgIpc) is 0.918. The van der Waals surface area contributed by atoms with Crippen molar-refractivity contribution in [3.05, 3.63) is 0 Å². The largest absolute Gasteiger partial charge is 1.00 e. The summed E-state index contributed by atoms with van der Waals surface area (Å²) in [5.41, 5.74) is 0. The van der Waals surface area contributed by atoms with Crippen LogP contribution < -0.4 is 75.4 Å². The first-order valence-corrected chi connectivity index (χ1v) is 3.12. The maximum Gasteiger partial charge on any atom is 1.00 e. The molecule has 0 saturated heterocycles. The van der Waals surface area contributed by atoms with Crippen molar-refractivity contribution in [1.82, 2.24) is 0 Å². The molecule has 0 N–H and O–H groups in total. The van der Waals surface area contributed by atoms with Gasteiger partial charge in [-0.15, -0.1) is 0 Å². The molecule has 0 aromatic heterocycles. The normalized spacial score (nSPS) is 4.40. The fourth-order valence-electron chi connectivity index (χ4n) is 0. The first-order valence-electron chi connectivity index (χ1n) is 0.252. The minimum Gasteiger partial charge on any atom is -1.00 e. The third-order valence-electron chi connectivity index (χ3n) is 0. The Kier molecular flexibility index (Phi) is 49.4. The fraction of sp³-hybridized carbons (Fsp3) is 0. The third-order valence-corrected chi connectivity index (χ3v) is 0. The average molecular weight is 296 g/mol. The smallest absolute Gasteiger partial charge is 1.00 e. The quantitative estimate of drug-likeness (QED) is 0.312. The van der Waals surface area contributed by atoms with Gasteiger partial charge in [-0.3, -0.25) is 0 Å². The SMILES string of the molecule is [Cl][Co][Cl].[I-].[K+]. The first kappa shape index (κ1) is 15.8. The maximum atomic E-state index is 4.73. The van der Waals surface area contributed by atoms with Gasteiger partial charge in [-0.25, -0.2) is 0 Å². The van der Waals surface area contributed by atoms with Crippen LogP contribution in [-0.2, 0) is 12.9 Å². The molecule has 0 radical (unpaired) electrons. The van der Waals surface area contributed by atoms with Crippen LogP contribution in [0.3, 0.4) is 0 Å². The topological polar surface area (TPSA) is 0 Å². The Morgan fingerprint density at radius 2 is 1.20 bits per heavy atom. The molecule has 5 heavy (non-hydrogen) atoms. The van der Waals surface area contributed by atoms with E-state index in [4.69, 9.17) is 20.3 Å². The zero-order valence-corrected chi connectivity index (χ0v) is 10.3. The van der Waals surface area contributed by atoms with E-state index < -0.39 is 0 Å². The summed E-state index contributed by atoms with van der Waals surface area (Å²) >= 11 is 0.382. The molecule has 0 heterocycles. The minimum absolute atomic E-state index is 0. The molecule has 0 aromatic carbocycles. The van der Waals surface area contributed by atoms with Crippen molar-refractivity contribution < 1.29 is 88.3 Å². The van der Waals surface area contributed by atoms with Gasteiger partial charge in [-0.05, 0) is 0 Å². The molecular weight excluding hydrogens is 296 g/mol. The number of rotatable bonds is 0. The van der Waals surface area contributed by atoms with Crippen LogP contribution in [0.5, 0.6) is 0 Å². The van der Waals surface area contributed by atoms with Crippen molar-refractivity contribution in [2.45, 2.75) is 0 Å². The van der Waals surface area contributed by atoms with Crippen LogP contribution in [0.4, 0.5) is 0 Å². The number of hydrogen-bond acceptors (Lipinski definition) is 0. The molecule has 0 aliphatic heterocycles. The van der Waals surface area contributed by atoms with E-state index >= 15 is 0 Å². The van der Waals surface area contributed by atoms with Gasteiger partial charge in [-0.1, -0.05) is 0 Å². The Morgan fingerprint density at radius 3 is 1.20 bits per heavy atom. The second-order valence-corrected chi connectivity index (χ2v) is 1.77. The van der Waals surface area contributed by atoms with Crippen LogP contribution in [0, 0.1) is 0 Å². The van der Waals surface area contributed by atoms with Gasteiger partial charge in [0.25, 0.3) is 0 Å². The molecule has 0 aliphatic rings. The van der Waals surface area contributed by atoms with Crippen molar-refractivity contribution in [3.8, 4) is 0 Å². The molecule has 0 saturated carbocycles. The fourth-order valence-corrected chi connectivity index (χ4v) is 0. The van der Waals surface area contributed by atoms with E-state index in [2.05, 4.69) is 0 Å². The maximum absolute atomic E-state index is 4.73. The second-order valence-electron chi connectivity index (χ2n) is 0.0476. The first-order chi connectivity index (χ1) is 1.41. The molecule has 0 rings (SSSR count). The zero-order chi connectivity index (χ0) is 2.71. The molecule has 0 amide bonds. The van der Waals surface area contributed by atoms with E-state index in [0.717, 1.165) is 0 Å². The minimum atomic E-state index is 0. The third kappa shape index (κ3) is 18.6. The van der Waals surface area contributed by atoms with Crippen molar-refractivity contribution in [1.29, 1.82) is 0 Å². The van der Waals surface area contributed by atoms with Gasteiger partial charge in [0.1, 0.15) is 0 Å². The Hall–Kier alpha value is 3.45. The van der Waals surface area contributed by atoms with E-state index in [9.17, 15) is 0 Å².